The molecule has 0 aromatic carbocycles. The maximum absolute atomic E-state index is 6.99. The Bertz CT molecular complexity index is 785. The molecule has 0 bridgehead atoms. The normalized spacial score (nSPS) is 24.5. The second-order valence-corrected chi connectivity index (χ2v) is 25.9. The quantitative estimate of drug-likeness (QED) is 0.0427. The van der Waals surface area contributed by atoms with Gasteiger partial charge in [0.05, 0.1) is 24.9 Å². The summed E-state index contributed by atoms with van der Waals surface area (Å²) in [6.45, 7) is 33.0. The molecule has 230 valence electrons. The molecule has 0 aliphatic carbocycles. The van der Waals surface area contributed by atoms with Gasteiger partial charge in [0.1, 0.15) is 6.79 Å². The molecule has 1 aliphatic heterocycles. The third-order valence-corrected chi connectivity index (χ3v) is 15.2. The molecule has 0 amide bonds. The predicted octanol–water partition coefficient (Wildman–Crippen LogP) is 9.07. The minimum absolute atomic E-state index is 0.0242. The molecule has 1 heterocycles. The summed E-state index contributed by atoms with van der Waals surface area (Å²) in [4.78, 5) is 0. The summed E-state index contributed by atoms with van der Waals surface area (Å²) < 4.78 is 33.5. The van der Waals surface area contributed by atoms with Gasteiger partial charge in [0, 0.05) is 30.9 Å². The fraction of sp³-hybridized carbons (Fsp3) is 0.871. The van der Waals surface area contributed by atoms with Gasteiger partial charge >= 0.3 is 0 Å². The molecule has 1 aliphatic rings. The molecule has 0 spiro atoms. The monoisotopic (exact) mass is 696 g/mol. The summed E-state index contributed by atoms with van der Waals surface area (Å²) in [6.07, 6.45) is 6.46. The van der Waals surface area contributed by atoms with Crippen molar-refractivity contribution in [1.29, 1.82) is 0 Å². The number of hydrogen-bond acceptors (Lipinski definition) is 5. The van der Waals surface area contributed by atoms with Crippen LogP contribution in [0, 0.1) is 17.8 Å². The Morgan fingerprint density at radius 2 is 1.74 bits per heavy atom. The second-order valence-electron chi connectivity index (χ2n) is 14.6. The summed E-state index contributed by atoms with van der Waals surface area (Å²) >= 11 is 2.48. The zero-order valence-corrected chi connectivity index (χ0v) is 31.8. The molecule has 0 N–H and O–H groups in total. The fourth-order valence-electron chi connectivity index (χ4n) is 4.66. The molecule has 39 heavy (non-hydrogen) atoms. The molecule has 6 atom stereocenters. The topological polar surface area (TPSA) is 46.2 Å². The van der Waals surface area contributed by atoms with Gasteiger partial charge in [0.25, 0.3) is 0 Å². The Kier molecular flexibility index (Phi) is 15.2. The summed E-state index contributed by atoms with van der Waals surface area (Å²) in [5.74, 6) is -0.146. The Morgan fingerprint density at radius 3 is 2.26 bits per heavy atom. The van der Waals surface area contributed by atoms with Gasteiger partial charge in [-0.2, -0.15) is 0 Å². The van der Waals surface area contributed by atoms with E-state index in [-0.39, 0.29) is 42.0 Å². The lowest BCUT2D eigenvalue weighted by atomic mass is 9.81. The molecule has 1 saturated heterocycles. The smallest absolute Gasteiger partial charge is 0.192 e. The van der Waals surface area contributed by atoms with Gasteiger partial charge in [0.2, 0.25) is 0 Å². The fourth-order valence-corrected chi connectivity index (χ4v) is 8.15. The van der Waals surface area contributed by atoms with Gasteiger partial charge in [-0.3, -0.25) is 0 Å². The summed E-state index contributed by atoms with van der Waals surface area (Å²) in [6, 6.07) is 1.12. The molecule has 0 aromatic heterocycles. The van der Waals surface area contributed by atoms with Gasteiger partial charge in [-0.15, -0.1) is 0 Å². The van der Waals surface area contributed by atoms with Crippen LogP contribution in [0.3, 0.4) is 0 Å². The van der Waals surface area contributed by atoms with Crippen molar-refractivity contribution >= 4 is 39.0 Å². The number of alkyl halides is 1. The van der Waals surface area contributed by atoms with E-state index in [2.05, 4.69) is 122 Å². The van der Waals surface area contributed by atoms with E-state index < -0.39 is 22.2 Å². The first kappa shape index (κ1) is 37.5. The highest BCUT2D eigenvalue weighted by molar-refractivity contribution is 14.1. The van der Waals surface area contributed by atoms with Gasteiger partial charge in [0.15, 0.2) is 14.1 Å². The number of allylic oxidation sites excluding steroid dienone is 3. The van der Waals surface area contributed by atoms with Crippen LogP contribution in [-0.4, -0.2) is 64.9 Å². The van der Waals surface area contributed by atoms with Crippen LogP contribution in [0.1, 0.15) is 62.3 Å². The minimum atomic E-state index is -1.96. The molecule has 0 unspecified atom stereocenters. The zero-order chi connectivity index (χ0) is 30.2. The first-order chi connectivity index (χ1) is 17.7. The van der Waals surface area contributed by atoms with E-state index in [4.69, 9.17) is 23.4 Å². The highest BCUT2D eigenvalue weighted by Gasteiger charge is 2.47. The van der Waals surface area contributed by atoms with Gasteiger partial charge < -0.3 is 23.4 Å². The van der Waals surface area contributed by atoms with Crippen molar-refractivity contribution in [2.24, 2.45) is 17.8 Å². The lowest BCUT2D eigenvalue weighted by Gasteiger charge is -2.49. The molecule has 0 saturated carbocycles. The van der Waals surface area contributed by atoms with Crippen molar-refractivity contribution in [3.8, 4) is 0 Å². The maximum atomic E-state index is 6.99. The van der Waals surface area contributed by atoms with Gasteiger partial charge in [-0.05, 0) is 63.4 Å². The highest BCUT2D eigenvalue weighted by atomic mass is 127. The molecular formula is C31H61IO5Si2. The average molecular weight is 697 g/mol. The van der Waals surface area contributed by atoms with Crippen molar-refractivity contribution < 1.29 is 23.4 Å². The second kappa shape index (κ2) is 15.8. The summed E-state index contributed by atoms with van der Waals surface area (Å²) in [5.41, 5.74) is 1.19. The zero-order valence-electron chi connectivity index (χ0n) is 27.7. The van der Waals surface area contributed by atoms with Crippen molar-refractivity contribution in [2.45, 2.75) is 130 Å². The van der Waals surface area contributed by atoms with Crippen molar-refractivity contribution in [3.05, 3.63) is 23.8 Å². The number of rotatable bonds is 15. The van der Waals surface area contributed by atoms with Crippen LogP contribution in [0.15, 0.2) is 23.8 Å². The lowest BCUT2D eigenvalue weighted by molar-refractivity contribution is -0.316. The minimum Gasteiger partial charge on any atom is -0.413 e. The lowest BCUT2D eigenvalue weighted by Crippen LogP contribution is -2.56. The molecule has 1 rings (SSSR count). The van der Waals surface area contributed by atoms with E-state index in [0.29, 0.717) is 12.5 Å². The van der Waals surface area contributed by atoms with E-state index >= 15 is 0 Å². The molecule has 8 heteroatoms. The van der Waals surface area contributed by atoms with E-state index in [1.807, 2.05) is 13.8 Å². The van der Waals surface area contributed by atoms with Crippen LogP contribution >= 0.6 is 22.6 Å². The third kappa shape index (κ3) is 12.7. The van der Waals surface area contributed by atoms with Crippen molar-refractivity contribution in [3.63, 3.8) is 0 Å². The van der Waals surface area contributed by atoms with Crippen LogP contribution in [0.5, 0.6) is 0 Å². The first-order valence-corrected chi connectivity index (χ1v) is 22.9. The molecular weight excluding hydrogens is 635 g/mol. The van der Waals surface area contributed by atoms with Crippen LogP contribution in [0.2, 0.25) is 43.8 Å². The Morgan fingerprint density at radius 1 is 1.13 bits per heavy atom. The number of ether oxygens (including phenoxy) is 4. The highest BCUT2D eigenvalue weighted by Crippen LogP contribution is 2.41. The van der Waals surface area contributed by atoms with E-state index in [1.54, 1.807) is 0 Å². The van der Waals surface area contributed by atoms with Gasteiger partial charge in [-0.25, -0.2) is 0 Å². The van der Waals surface area contributed by atoms with Crippen molar-refractivity contribution in [1.82, 2.24) is 0 Å². The third-order valence-electron chi connectivity index (χ3n) is 8.16. The largest absolute Gasteiger partial charge is 0.413 e. The molecule has 0 aromatic rings. The Balaban J connectivity index is 3.32. The van der Waals surface area contributed by atoms with Crippen LogP contribution in [0.25, 0.3) is 0 Å². The summed E-state index contributed by atoms with van der Waals surface area (Å²) in [7, 11) is -3.12. The average Bonchev–Trinajstić information content (AvgIpc) is 2.78. The van der Waals surface area contributed by atoms with Crippen LogP contribution in [0.4, 0.5) is 0 Å². The maximum Gasteiger partial charge on any atom is 0.192 e. The number of hydrogen-bond donors (Lipinski definition) is 0. The molecule has 0 radical (unpaired) electrons. The molecule has 1 fully saturated rings. The Labute approximate surface area is 257 Å². The SMILES string of the molecule is C/C=C/[C@H](C)/C=C(\C)[C@@H](OCOCC[Si](C)(C)C)[C@H]1COC(C)(C)O[C@H]1[C@H](C)[C@H](CI)O[Si](C)(C)C(C)(C)C. The van der Waals surface area contributed by atoms with E-state index in [0.717, 1.165) is 17.1 Å². The van der Waals surface area contributed by atoms with Crippen LogP contribution in [-0.2, 0) is 23.4 Å². The van der Waals surface area contributed by atoms with E-state index in [9.17, 15) is 0 Å². The predicted molar refractivity (Wildman–Crippen MR) is 180 cm³/mol. The summed E-state index contributed by atoms with van der Waals surface area (Å²) in [5, 5.41) is 0.146. The van der Waals surface area contributed by atoms with E-state index in [1.165, 1.54) is 5.57 Å². The van der Waals surface area contributed by atoms with Gasteiger partial charge in [-0.1, -0.05) is 95.1 Å². The molecule has 5 nitrogen and oxygen atoms in total. The number of halogens is 1. The standard InChI is InChI=1S/C31H61IO5Si2/c1-15-16-23(2)19-24(3)28(34-22-33-17-18-38(10,11)12)26-21-35-31(8,9)36-29(26)25(4)27(20-32)37-39(13,14)30(5,6)7/h15-16,19,23,25-29H,17-18,20-22H2,1-14H3/b16-15+,24-19+/t23-,25+,26+,27-,28+,29-/m0/s1. The van der Waals surface area contributed by atoms with Crippen LogP contribution < -0.4 is 0 Å². The first-order valence-electron chi connectivity index (χ1n) is 14.8. The van der Waals surface area contributed by atoms with Crippen molar-refractivity contribution in [2.75, 3.05) is 24.4 Å². The Hall–Kier alpha value is 0.444.